The van der Waals surface area contributed by atoms with Crippen LogP contribution in [0.5, 0.6) is 0 Å². The molecule has 1 aromatic heterocycles. The van der Waals surface area contributed by atoms with Crippen LogP contribution in [-0.4, -0.2) is 17.2 Å². The van der Waals surface area contributed by atoms with Gasteiger partial charge in [-0.25, -0.2) is 8.78 Å². The molecule has 92 valence electrons. The molecule has 0 saturated heterocycles. The van der Waals surface area contributed by atoms with Crippen LogP contribution in [-0.2, 0) is 0 Å². The predicted molar refractivity (Wildman–Crippen MR) is 60.5 cm³/mol. The zero-order valence-electron chi connectivity index (χ0n) is 9.04. The van der Waals surface area contributed by atoms with Crippen LogP contribution >= 0.6 is 0 Å². The number of H-pyrrole nitrogens is 1. The number of rotatable bonds is 3. The average Bonchev–Trinajstić information content (AvgIpc) is 2.82. The number of aromatic nitrogens is 1. The minimum Gasteiger partial charge on any atom is -0.356 e. The van der Waals surface area contributed by atoms with Crippen molar-refractivity contribution in [3.05, 3.63) is 53.4 Å². The van der Waals surface area contributed by atoms with E-state index in [1.807, 2.05) is 0 Å². The SMILES string of the molecule is O=Cc1c[nH]c(C(=O)Nc2c(F)cccc2F)c1. The number of nitrogens with one attached hydrogen (secondary N) is 2. The molecule has 1 aromatic carbocycles. The number of anilines is 1. The van der Waals surface area contributed by atoms with Gasteiger partial charge in [0.05, 0.1) is 0 Å². The zero-order valence-corrected chi connectivity index (χ0v) is 9.04. The van der Waals surface area contributed by atoms with Gasteiger partial charge in [0.1, 0.15) is 23.0 Å². The molecule has 0 aliphatic rings. The number of hydrogen-bond donors (Lipinski definition) is 2. The van der Waals surface area contributed by atoms with Crippen molar-refractivity contribution in [2.24, 2.45) is 0 Å². The van der Waals surface area contributed by atoms with Crippen LogP contribution < -0.4 is 5.32 Å². The van der Waals surface area contributed by atoms with Crippen LogP contribution in [0.3, 0.4) is 0 Å². The van der Waals surface area contributed by atoms with Gasteiger partial charge in [-0.1, -0.05) is 6.07 Å². The molecule has 0 saturated carbocycles. The highest BCUT2D eigenvalue weighted by atomic mass is 19.1. The molecule has 0 atom stereocenters. The standard InChI is InChI=1S/C12H8F2N2O2/c13-8-2-1-3-9(14)11(8)16-12(18)10-4-7(6-17)5-15-10/h1-6,15H,(H,16,18). The van der Waals surface area contributed by atoms with Gasteiger partial charge in [-0.15, -0.1) is 0 Å². The number of halogens is 2. The number of aromatic amines is 1. The third kappa shape index (κ3) is 2.27. The van der Waals surface area contributed by atoms with Crippen molar-refractivity contribution in [2.45, 2.75) is 0 Å². The summed E-state index contributed by atoms with van der Waals surface area (Å²) in [5.74, 6) is -2.47. The first kappa shape index (κ1) is 12.0. The summed E-state index contributed by atoms with van der Waals surface area (Å²) in [5, 5.41) is 2.10. The molecule has 18 heavy (non-hydrogen) atoms. The Kier molecular flexibility index (Phi) is 3.18. The molecule has 0 aliphatic heterocycles. The van der Waals surface area contributed by atoms with E-state index < -0.39 is 23.2 Å². The molecule has 0 fully saturated rings. The molecule has 1 heterocycles. The van der Waals surface area contributed by atoms with E-state index in [1.165, 1.54) is 18.3 Å². The minimum atomic E-state index is -0.870. The Balaban J connectivity index is 2.23. The number of aldehydes is 1. The molecular weight excluding hydrogens is 242 g/mol. The van der Waals surface area contributed by atoms with E-state index in [1.54, 1.807) is 0 Å². The highest BCUT2D eigenvalue weighted by molar-refractivity contribution is 6.04. The van der Waals surface area contributed by atoms with Crippen LogP contribution in [0.1, 0.15) is 20.8 Å². The smallest absolute Gasteiger partial charge is 0.272 e. The first-order valence-electron chi connectivity index (χ1n) is 5.01. The van der Waals surface area contributed by atoms with Crippen LogP contribution in [0.15, 0.2) is 30.5 Å². The monoisotopic (exact) mass is 250 g/mol. The van der Waals surface area contributed by atoms with Crippen LogP contribution in [0.4, 0.5) is 14.5 Å². The maximum Gasteiger partial charge on any atom is 0.272 e. The van der Waals surface area contributed by atoms with Gasteiger partial charge < -0.3 is 10.3 Å². The van der Waals surface area contributed by atoms with Gasteiger partial charge >= 0.3 is 0 Å². The summed E-state index contributed by atoms with van der Waals surface area (Å²) in [6.07, 6.45) is 1.87. The van der Waals surface area contributed by atoms with Crippen molar-refractivity contribution in [1.29, 1.82) is 0 Å². The molecule has 6 heteroatoms. The molecule has 0 bridgehead atoms. The molecule has 2 rings (SSSR count). The van der Waals surface area contributed by atoms with Gasteiger partial charge in [0, 0.05) is 11.8 Å². The second-order valence-corrected chi connectivity index (χ2v) is 3.52. The quantitative estimate of drug-likeness (QED) is 0.821. The largest absolute Gasteiger partial charge is 0.356 e. The molecule has 1 amide bonds. The van der Waals surface area contributed by atoms with Crippen molar-refractivity contribution >= 4 is 17.9 Å². The number of amides is 1. The van der Waals surface area contributed by atoms with Crippen LogP contribution in [0.2, 0.25) is 0 Å². The van der Waals surface area contributed by atoms with Crippen LogP contribution in [0.25, 0.3) is 0 Å². The van der Waals surface area contributed by atoms with Crippen molar-refractivity contribution in [1.82, 2.24) is 4.98 Å². The number of carbonyl (C=O) groups is 2. The van der Waals surface area contributed by atoms with Gasteiger partial charge in [-0.05, 0) is 18.2 Å². The number of hydrogen-bond acceptors (Lipinski definition) is 2. The maximum absolute atomic E-state index is 13.3. The van der Waals surface area contributed by atoms with Gasteiger partial charge in [-0.3, -0.25) is 9.59 Å². The Labute approximate surface area is 101 Å². The molecule has 0 aliphatic carbocycles. The highest BCUT2D eigenvalue weighted by Crippen LogP contribution is 2.18. The second kappa shape index (κ2) is 4.79. The topological polar surface area (TPSA) is 62.0 Å². The predicted octanol–water partition coefficient (Wildman–Crippen LogP) is 2.36. The summed E-state index contributed by atoms with van der Waals surface area (Å²) in [4.78, 5) is 24.6. The van der Waals surface area contributed by atoms with Gasteiger partial charge in [0.15, 0.2) is 6.29 Å². The summed E-state index contributed by atoms with van der Waals surface area (Å²) >= 11 is 0. The Morgan fingerprint density at radius 1 is 1.28 bits per heavy atom. The van der Waals surface area contributed by atoms with E-state index in [-0.39, 0.29) is 11.3 Å². The van der Waals surface area contributed by atoms with E-state index in [0.717, 1.165) is 12.1 Å². The molecule has 0 radical (unpaired) electrons. The van der Waals surface area contributed by atoms with Gasteiger partial charge in [0.2, 0.25) is 0 Å². The lowest BCUT2D eigenvalue weighted by atomic mass is 10.2. The number of para-hydroxylation sites is 1. The van der Waals surface area contributed by atoms with Crippen molar-refractivity contribution in [2.75, 3.05) is 5.32 Å². The third-order valence-corrected chi connectivity index (χ3v) is 2.29. The van der Waals surface area contributed by atoms with E-state index >= 15 is 0 Å². The fourth-order valence-electron chi connectivity index (χ4n) is 1.41. The number of carbonyl (C=O) groups excluding carboxylic acids is 2. The molecular formula is C12H8F2N2O2. The fraction of sp³-hybridized carbons (Fsp3) is 0. The summed E-state index contributed by atoms with van der Waals surface area (Å²) in [6.45, 7) is 0. The van der Waals surface area contributed by atoms with Crippen molar-refractivity contribution in [3.63, 3.8) is 0 Å². The van der Waals surface area contributed by atoms with Crippen LogP contribution in [0, 0.1) is 11.6 Å². The van der Waals surface area contributed by atoms with E-state index in [2.05, 4.69) is 10.3 Å². The minimum absolute atomic E-state index is 0.0414. The van der Waals surface area contributed by atoms with E-state index in [0.29, 0.717) is 6.29 Å². The summed E-state index contributed by atoms with van der Waals surface area (Å²) in [7, 11) is 0. The maximum atomic E-state index is 13.3. The second-order valence-electron chi connectivity index (χ2n) is 3.52. The first-order chi connectivity index (χ1) is 8.61. The van der Waals surface area contributed by atoms with Crippen molar-refractivity contribution in [3.8, 4) is 0 Å². The lowest BCUT2D eigenvalue weighted by molar-refractivity contribution is 0.102. The fourth-order valence-corrected chi connectivity index (χ4v) is 1.41. The number of benzene rings is 1. The Hall–Kier alpha value is -2.50. The van der Waals surface area contributed by atoms with Crippen molar-refractivity contribution < 1.29 is 18.4 Å². The van der Waals surface area contributed by atoms with E-state index in [4.69, 9.17) is 0 Å². The Morgan fingerprint density at radius 3 is 2.50 bits per heavy atom. The third-order valence-electron chi connectivity index (χ3n) is 2.29. The normalized spacial score (nSPS) is 10.1. The lowest BCUT2D eigenvalue weighted by Gasteiger charge is -2.05. The summed E-state index contributed by atoms with van der Waals surface area (Å²) in [6, 6.07) is 4.54. The molecule has 2 N–H and O–H groups in total. The summed E-state index contributed by atoms with van der Waals surface area (Å²) < 4.78 is 26.6. The average molecular weight is 250 g/mol. The highest BCUT2D eigenvalue weighted by Gasteiger charge is 2.14. The molecule has 0 spiro atoms. The first-order valence-corrected chi connectivity index (χ1v) is 5.01. The molecule has 0 unspecified atom stereocenters. The molecule has 2 aromatic rings. The van der Waals surface area contributed by atoms with Gasteiger partial charge in [-0.2, -0.15) is 0 Å². The summed E-state index contributed by atoms with van der Waals surface area (Å²) in [5.41, 5.74) is -0.210. The van der Waals surface area contributed by atoms with E-state index in [9.17, 15) is 18.4 Å². The molecule has 4 nitrogen and oxygen atoms in total. The zero-order chi connectivity index (χ0) is 13.1. The lowest BCUT2D eigenvalue weighted by Crippen LogP contribution is -2.14. The Morgan fingerprint density at radius 2 is 1.94 bits per heavy atom. The van der Waals surface area contributed by atoms with Gasteiger partial charge in [0.25, 0.3) is 5.91 Å². The Bertz CT molecular complexity index is 588.